The Bertz CT molecular complexity index is 739. The van der Waals surface area contributed by atoms with Gasteiger partial charge in [0.15, 0.2) is 0 Å². The summed E-state index contributed by atoms with van der Waals surface area (Å²) in [4.78, 5) is 16.2. The van der Waals surface area contributed by atoms with Crippen LogP contribution in [-0.4, -0.2) is 24.4 Å². The van der Waals surface area contributed by atoms with E-state index in [1.807, 2.05) is 30.3 Å². The van der Waals surface area contributed by atoms with Crippen LogP contribution in [0.1, 0.15) is 0 Å². The molecule has 3 aromatic rings. The highest BCUT2D eigenvalue weighted by Crippen LogP contribution is 2.28. The number of hydrogen-bond acceptors (Lipinski definition) is 6. The van der Waals surface area contributed by atoms with Crippen LogP contribution in [0.25, 0.3) is 10.2 Å². The molecule has 1 heterocycles. The molecule has 0 aliphatic heterocycles. The minimum Gasteiger partial charge on any atom is -0.463 e. The van der Waals surface area contributed by atoms with Crippen molar-refractivity contribution < 1.29 is 19.0 Å². The fraction of sp³-hybridized carbons (Fsp3) is 0.125. The van der Waals surface area contributed by atoms with Gasteiger partial charge in [0.2, 0.25) is 0 Å². The Hall–Kier alpha value is -2.60. The van der Waals surface area contributed by atoms with Gasteiger partial charge in [-0.1, -0.05) is 41.7 Å². The summed E-state index contributed by atoms with van der Waals surface area (Å²) in [5, 5.41) is 0.354. The van der Waals surface area contributed by atoms with Gasteiger partial charge in [-0.05, 0) is 24.3 Å². The van der Waals surface area contributed by atoms with E-state index in [1.54, 1.807) is 24.3 Å². The molecule has 2 aromatic carbocycles. The van der Waals surface area contributed by atoms with Crippen LogP contribution in [0, 0.1) is 0 Å². The lowest BCUT2D eigenvalue weighted by molar-refractivity contribution is -0.162. The fourth-order valence-corrected chi connectivity index (χ4v) is 2.66. The highest BCUT2D eigenvalue weighted by molar-refractivity contribution is 7.20. The average Bonchev–Trinajstić information content (AvgIpc) is 2.97. The number of aromatic nitrogens is 1. The molecule has 0 saturated heterocycles. The molecule has 1 unspecified atom stereocenters. The molecule has 6 heteroatoms. The van der Waals surface area contributed by atoms with Gasteiger partial charge < -0.3 is 14.2 Å². The Kier molecular flexibility index (Phi) is 4.20. The van der Waals surface area contributed by atoms with Crippen molar-refractivity contribution >= 4 is 27.5 Å². The molecule has 5 nitrogen and oxygen atoms in total. The second-order valence-corrected chi connectivity index (χ2v) is 5.34. The third-order valence-electron chi connectivity index (χ3n) is 2.86. The van der Waals surface area contributed by atoms with Crippen molar-refractivity contribution in [2.45, 2.75) is 6.29 Å². The number of benzene rings is 2. The zero-order chi connectivity index (χ0) is 15.4. The van der Waals surface area contributed by atoms with Crippen molar-refractivity contribution in [1.82, 2.24) is 4.98 Å². The van der Waals surface area contributed by atoms with Crippen LogP contribution in [0.5, 0.6) is 10.9 Å². The minimum atomic E-state index is -1.20. The van der Waals surface area contributed by atoms with Crippen LogP contribution >= 0.6 is 11.3 Å². The fourth-order valence-electron chi connectivity index (χ4n) is 1.83. The van der Waals surface area contributed by atoms with Gasteiger partial charge in [-0.15, -0.1) is 0 Å². The van der Waals surface area contributed by atoms with E-state index in [1.165, 1.54) is 18.4 Å². The van der Waals surface area contributed by atoms with Gasteiger partial charge >= 0.3 is 12.3 Å². The van der Waals surface area contributed by atoms with E-state index >= 15 is 0 Å². The van der Waals surface area contributed by atoms with Crippen LogP contribution in [0.2, 0.25) is 0 Å². The summed E-state index contributed by atoms with van der Waals surface area (Å²) in [6.45, 7) is 0. The Balaban J connectivity index is 1.81. The molecule has 0 fully saturated rings. The second-order valence-electron chi connectivity index (χ2n) is 4.35. The smallest absolute Gasteiger partial charge is 0.389 e. The molecule has 0 spiro atoms. The summed E-state index contributed by atoms with van der Waals surface area (Å²) in [6.07, 6.45) is -1.20. The van der Waals surface area contributed by atoms with Gasteiger partial charge in [0, 0.05) is 0 Å². The maximum absolute atomic E-state index is 11.8. The van der Waals surface area contributed by atoms with E-state index in [0.717, 1.165) is 10.2 Å². The van der Waals surface area contributed by atoms with E-state index < -0.39 is 12.3 Å². The first-order valence-electron chi connectivity index (χ1n) is 6.58. The number of fused-ring (bicyclic) bond motifs is 1. The molecule has 0 aliphatic carbocycles. The second kappa shape index (κ2) is 6.44. The number of nitrogens with zero attached hydrogens (tertiary/aromatic N) is 1. The van der Waals surface area contributed by atoms with E-state index in [2.05, 4.69) is 4.98 Å². The number of ether oxygens (including phenoxy) is 3. The molecule has 1 atom stereocenters. The maximum Gasteiger partial charge on any atom is 0.389 e. The van der Waals surface area contributed by atoms with Crippen molar-refractivity contribution in [2.75, 3.05) is 7.11 Å². The van der Waals surface area contributed by atoms with Crippen molar-refractivity contribution in [2.24, 2.45) is 0 Å². The van der Waals surface area contributed by atoms with E-state index in [0.29, 0.717) is 10.9 Å². The number of hydrogen-bond donors (Lipinski definition) is 0. The summed E-state index contributed by atoms with van der Waals surface area (Å²) >= 11 is 1.34. The van der Waals surface area contributed by atoms with E-state index in [4.69, 9.17) is 14.2 Å². The lowest BCUT2D eigenvalue weighted by Crippen LogP contribution is -2.34. The average molecular weight is 315 g/mol. The third kappa shape index (κ3) is 3.17. The molecular weight excluding hydrogens is 302 g/mol. The predicted molar refractivity (Wildman–Crippen MR) is 83.1 cm³/mol. The van der Waals surface area contributed by atoms with E-state index in [-0.39, 0.29) is 0 Å². The molecule has 3 rings (SSSR count). The predicted octanol–water partition coefficient (Wildman–Crippen LogP) is 3.25. The Morgan fingerprint density at radius 2 is 1.77 bits per heavy atom. The molecule has 1 aromatic heterocycles. The van der Waals surface area contributed by atoms with Gasteiger partial charge in [-0.3, -0.25) is 0 Å². The molecule has 0 amide bonds. The Morgan fingerprint density at radius 3 is 2.50 bits per heavy atom. The SMILES string of the molecule is COC(=O)C(Oc1ccccc1)Oc1nc2ccccc2s1. The highest BCUT2D eigenvalue weighted by Gasteiger charge is 2.25. The van der Waals surface area contributed by atoms with Crippen LogP contribution in [0.3, 0.4) is 0 Å². The minimum absolute atomic E-state index is 0.354. The van der Waals surface area contributed by atoms with Crippen LogP contribution in [-0.2, 0) is 9.53 Å². The zero-order valence-corrected chi connectivity index (χ0v) is 12.6. The topological polar surface area (TPSA) is 57.7 Å². The molecule has 0 N–H and O–H groups in total. The van der Waals surface area contributed by atoms with Gasteiger partial charge in [0.1, 0.15) is 5.75 Å². The van der Waals surface area contributed by atoms with E-state index in [9.17, 15) is 4.79 Å². The number of methoxy groups -OCH3 is 1. The lowest BCUT2D eigenvalue weighted by Gasteiger charge is -2.16. The first-order chi connectivity index (χ1) is 10.8. The number of thiazole rings is 1. The quantitative estimate of drug-likeness (QED) is 0.534. The molecule has 0 radical (unpaired) electrons. The first-order valence-corrected chi connectivity index (χ1v) is 7.39. The molecular formula is C16H13NO4S. The highest BCUT2D eigenvalue weighted by atomic mass is 32.1. The molecule has 0 bridgehead atoms. The summed E-state index contributed by atoms with van der Waals surface area (Å²) in [6, 6.07) is 16.6. The van der Waals surface area contributed by atoms with Crippen molar-refractivity contribution in [1.29, 1.82) is 0 Å². The first kappa shape index (κ1) is 14.3. The number of carbonyl (C=O) groups is 1. The van der Waals surface area contributed by atoms with Crippen molar-refractivity contribution in [3.05, 3.63) is 54.6 Å². The number of para-hydroxylation sites is 2. The Morgan fingerprint density at radius 1 is 1.05 bits per heavy atom. The number of esters is 1. The summed E-state index contributed by atoms with van der Waals surface area (Å²) in [7, 11) is 1.28. The lowest BCUT2D eigenvalue weighted by atomic mass is 10.3. The summed E-state index contributed by atoms with van der Waals surface area (Å²) in [5.74, 6) is -0.109. The van der Waals surface area contributed by atoms with Gasteiger partial charge in [-0.2, -0.15) is 0 Å². The summed E-state index contributed by atoms with van der Waals surface area (Å²) in [5.41, 5.74) is 0.811. The van der Waals surface area contributed by atoms with Crippen LogP contribution in [0.4, 0.5) is 0 Å². The van der Waals surface area contributed by atoms with Gasteiger partial charge in [0.25, 0.3) is 5.19 Å². The molecule has 22 heavy (non-hydrogen) atoms. The maximum atomic E-state index is 11.8. The zero-order valence-electron chi connectivity index (χ0n) is 11.8. The standard InChI is InChI=1S/C16H13NO4S/c1-19-14(18)15(20-11-7-3-2-4-8-11)21-16-17-12-9-5-6-10-13(12)22-16/h2-10,15H,1H3. The third-order valence-corrected chi connectivity index (χ3v) is 3.79. The van der Waals surface area contributed by atoms with Crippen LogP contribution in [0.15, 0.2) is 54.6 Å². The van der Waals surface area contributed by atoms with Gasteiger partial charge in [0.05, 0.1) is 17.3 Å². The molecule has 0 saturated carbocycles. The summed E-state index contributed by atoms with van der Waals surface area (Å²) < 4.78 is 16.8. The molecule has 112 valence electrons. The van der Waals surface area contributed by atoms with Gasteiger partial charge in [-0.25, -0.2) is 9.78 Å². The Labute approximate surface area is 131 Å². The monoisotopic (exact) mass is 315 g/mol. The normalized spacial score (nSPS) is 11.9. The number of rotatable bonds is 5. The molecule has 0 aliphatic rings. The van der Waals surface area contributed by atoms with Crippen molar-refractivity contribution in [3.8, 4) is 10.9 Å². The largest absolute Gasteiger partial charge is 0.463 e. The number of carbonyl (C=O) groups excluding carboxylic acids is 1. The van der Waals surface area contributed by atoms with Crippen LogP contribution < -0.4 is 9.47 Å². The van der Waals surface area contributed by atoms with Crippen molar-refractivity contribution in [3.63, 3.8) is 0 Å².